The summed E-state index contributed by atoms with van der Waals surface area (Å²) in [5, 5.41) is 0.0995. The second-order valence-corrected chi connectivity index (χ2v) is 9.29. The summed E-state index contributed by atoms with van der Waals surface area (Å²) < 4.78 is 19.6. The van der Waals surface area contributed by atoms with Crippen molar-refractivity contribution in [3.05, 3.63) is 21.1 Å². The molecule has 0 rings (SSSR count). The van der Waals surface area contributed by atoms with Crippen LogP contribution in [-0.2, 0) is 13.6 Å². The molecule has 3 nitrogen and oxygen atoms in total. The lowest BCUT2D eigenvalue weighted by atomic mass is 10.7. The number of hydrogen-bond acceptors (Lipinski definition) is 3. The van der Waals surface area contributed by atoms with Crippen LogP contribution in [0, 0.1) is 0 Å². The van der Waals surface area contributed by atoms with Crippen LogP contribution in [-0.4, -0.2) is 16.7 Å². The molecule has 0 aliphatic heterocycles. The third-order valence-electron chi connectivity index (χ3n) is 1.29. The maximum atomic E-state index is 12.2. The van der Waals surface area contributed by atoms with Gasteiger partial charge in [0.15, 0.2) is 0 Å². The highest BCUT2D eigenvalue weighted by atomic mass is 35.6. The largest absolute Gasteiger partial charge is 0.382 e. The van der Waals surface area contributed by atoms with Crippen LogP contribution in [0.25, 0.3) is 0 Å². The molecule has 0 aliphatic rings. The van der Waals surface area contributed by atoms with Gasteiger partial charge in [0.1, 0.15) is 0 Å². The van der Waals surface area contributed by atoms with E-state index in [-0.39, 0.29) is 23.3 Å². The van der Waals surface area contributed by atoms with E-state index < -0.39 is 11.1 Å². The minimum atomic E-state index is -4.11. The molecule has 0 heterocycles. The molecule has 0 saturated heterocycles. The molecule has 0 amide bonds. The van der Waals surface area contributed by atoms with E-state index >= 15 is 0 Å². The average molecular weight is 417 g/mol. The Morgan fingerprint density at radius 3 is 1.56 bits per heavy atom. The van der Waals surface area contributed by atoms with Crippen molar-refractivity contribution in [2.75, 3.05) is 13.2 Å². The van der Waals surface area contributed by atoms with E-state index in [1.54, 1.807) is 0 Å². The van der Waals surface area contributed by atoms with Gasteiger partial charge in [-0.1, -0.05) is 81.2 Å². The minimum absolute atomic E-state index is 0.0497. The number of rotatable bonds is 6. The zero-order valence-electron chi connectivity index (χ0n) is 8.39. The molecule has 0 saturated carbocycles. The van der Waals surface area contributed by atoms with Gasteiger partial charge in [0.2, 0.25) is 0 Å². The maximum Gasteiger partial charge on any atom is 0.382 e. The summed E-state index contributed by atoms with van der Waals surface area (Å²) in [6.07, 6.45) is 0. The molecule has 0 fully saturated rings. The monoisotopic (exact) mass is 414 g/mol. The molecule has 0 aromatic rings. The van der Waals surface area contributed by atoms with E-state index in [0.29, 0.717) is 0 Å². The van der Waals surface area contributed by atoms with Crippen LogP contribution in [0.2, 0.25) is 0 Å². The molecule has 0 spiro atoms. The summed E-state index contributed by atoms with van der Waals surface area (Å²) in [5.74, 6) is 0. The van der Waals surface area contributed by atoms with Gasteiger partial charge in [-0.15, -0.1) is 0 Å². The third-order valence-corrected chi connectivity index (χ3v) is 5.90. The van der Waals surface area contributed by atoms with Gasteiger partial charge in [-0.2, -0.15) is 0 Å². The first-order chi connectivity index (χ1) is 8.16. The van der Waals surface area contributed by atoms with Gasteiger partial charge in [0.05, 0.1) is 23.3 Å². The molecule has 0 aromatic carbocycles. The zero-order valence-corrected chi connectivity index (χ0v) is 14.6. The fourth-order valence-corrected chi connectivity index (χ4v) is 2.79. The molecule has 0 radical (unpaired) electrons. The lowest BCUT2D eigenvalue weighted by molar-refractivity contribution is 0.234. The Balaban J connectivity index is 4.81. The predicted octanol–water partition coefficient (Wildman–Crippen LogP) is 6.18. The van der Waals surface area contributed by atoms with E-state index in [9.17, 15) is 4.57 Å². The van der Waals surface area contributed by atoms with Crippen molar-refractivity contribution in [1.82, 2.24) is 0 Å². The van der Waals surface area contributed by atoms with Gasteiger partial charge in [-0.05, 0) is 0 Å². The Labute approximate surface area is 139 Å². The summed E-state index contributed by atoms with van der Waals surface area (Å²) in [4.78, 5) is 0. The van der Waals surface area contributed by atoms with E-state index in [1.807, 2.05) is 0 Å². The van der Waals surface area contributed by atoms with Crippen molar-refractivity contribution in [1.29, 1.82) is 0 Å². The Morgan fingerprint density at radius 1 is 1.00 bits per heavy atom. The van der Waals surface area contributed by atoms with Crippen molar-refractivity contribution >= 4 is 88.8 Å². The van der Waals surface area contributed by atoms with Crippen molar-refractivity contribution in [3.63, 3.8) is 0 Å². The first-order valence-corrected chi connectivity index (χ1v) is 8.32. The van der Waals surface area contributed by atoms with Crippen molar-refractivity contribution in [2.45, 2.75) is 3.53 Å². The Kier molecular flexibility index (Phi) is 9.65. The second kappa shape index (κ2) is 8.84. The number of hydrogen-bond donors (Lipinski definition) is 0. The number of alkyl halides is 3. The topological polar surface area (TPSA) is 35.5 Å². The van der Waals surface area contributed by atoms with Crippen molar-refractivity contribution < 1.29 is 13.6 Å². The van der Waals surface area contributed by atoms with E-state index in [1.165, 1.54) is 0 Å². The molecule has 0 unspecified atom stereocenters. The van der Waals surface area contributed by atoms with Gasteiger partial charge in [0, 0.05) is 11.1 Å². The Hall–Kier alpha value is 1.66. The van der Waals surface area contributed by atoms with Crippen LogP contribution in [0.4, 0.5) is 0 Å². The fourth-order valence-electron chi connectivity index (χ4n) is 0.540. The lowest BCUT2D eigenvalue weighted by Gasteiger charge is -2.23. The molecular weight excluding hydrogens is 411 g/mol. The van der Waals surface area contributed by atoms with E-state index in [0.717, 1.165) is 11.1 Å². The highest BCUT2D eigenvalue weighted by Crippen LogP contribution is 2.67. The molecule has 18 heavy (non-hydrogen) atoms. The van der Waals surface area contributed by atoms with Gasteiger partial charge in [-0.3, -0.25) is 13.6 Å². The Bertz CT molecular complexity index is 350. The highest BCUT2D eigenvalue weighted by molar-refractivity contribution is 7.62. The van der Waals surface area contributed by atoms with Crippen molar-refractivity contribution in [2.24, 2.45) is 0 Å². The molecule has 0 aliphatic carbocycles. The van der Waals surface area contributed by atoms with E-state index in [2.05, 4.69) is 0 Å². The van der Waals surface area contributed by atoms with Crippen LogP contribution in [0.3, 0.4) is 0 Å². The van der Waals surface area contributed by atoms with Gasteiger partial charge in [-0.25, -0.2) is 0 Å². The summed E-state index contributed by atoms with van der Waals surface area (Å²) in [7, 11) is -4.11. The minimum Gasteiger partial charge on any atom is -0.300 e. The summed E-state index contributed by atoms with van der Waals surface area (Å²) in [5.41, 5.74) is 2.02. The van der Waals surface area contributed by atoms with Gasteiger partial charge < -0.3 is 0 Å². The first-order valence-electron chi connectivity index (χ1n) is 4.01. The molecule has 0 bridgehead atoms. The lowest BCUT2D eigenvalue weighted by Crippen LogP contribution is -2.12. The van der Waals surface area contributed by atoms with Crippen molar-refractivity contribution in [3.8, 4) is 0 Å². The molecule has 0 atom stereocenters. The quantitative estimate of drug-likeness (QED) is 0.383. The van der Waals surface area contributed by atoms with Crippen LogP contribution in [0.1, 0.15) is 0 Å². The standard InChI is InChI=1S/C7H6Cl7O3P/c8-1-5(10)3-16-18(15,7(12,13)14)17-4-6(11)2-9/h1-2H,3-4H2. The van der Waals surface area contributed by atoms with Crippen LogP contribution in [0.5, 0.6) is 0 Å². The summed E-state index contributed by atoms with van der Waals surface area (Å²) in [6, 6.07) is 0. The second-order valence-electron chi connectivity index (χ2n) is 2.62. The maximum absolute atomic E-state index is 12.2. The Morgan fingerprint density at radius 2 is 1.33 bits per heavy atom. The normalized spacial score (nSPS) is 17.7. The molecule has 0 aromatic heterocycles. The van der Waals surface area contributed by atoms with E-state index in [4.69, 9.17) is 90.3 Å². The predicted molar refractivity (Wildman–Crippen MR) is 79.4 cm³/mol. The van der Waals surface area contributed by atoms with Gasteiger partial charge in [0.25, 0.3) is 3.53 Å². The first kappa shape index (κ1) is 19.7. The zero-order chi connectivity index (χ0) is 14.4. The molecule has 106 valence electrons. The SMILES string of the molecule is O=P(OCC(Cl)=CCl)(OCC(Cl)=CCl)C(Cl)(Cl)Cl. The van der Waals surface area contributed by atoms with Crippen LogP contribution in [0.15, 0.2) is 21.1 Å². The molecule has 11 heteroatoms. The highest BCUT2D eigenvalue weighted by Gasteiger charge is 2.48. The average Bonchev–Trinajstić information content (AvgIpc) is 2.31. The van der Waals surface area contributed by atoms with Crippen LogP contribution >= 0.6 is 88.8 Å². The smallest absolute Gasteiger partial charge is 0.300 e. The molecule has 0 N–H and O–H groups in total. The van der Waals surface area contributed by atoms with Crippen LogP contribution < -0.4 is 0 Å². The summed E-state index contributed by atoms with van der Waals surface area (Å²) in [6.45, 7) is -0.698. The fraction of sp³-hybridized carbons (Fsp3) is 0.429. The third kappa shape index (κ3) is 6.90. The van der Waals surface area contributed by atoms with Gasteiger partial charge >= 0.3 is 7.60 Å². The number of halogens is 7. The molecular formula is C7H6Cl7O3P. The summed E-state index contributed by atoms with van der Waals surface area (Å²) >= 11 is 38.3.